The number of nitrogens with zero attached hydrogens (tertiary/aromatic N) is 1. The van der Waals surface area contributed by atoms with E-state index < -0.39 is 18.1 Å². The van der Waals surface area contributed by atoms with Crippen LogP contribution < -0.4 is 5.32 Å². The van der Waals surface area contributed by atoms with Crippen LogP contribution in [0.1, 0.15) is 12.0 Å². The monoisotopic (exact) mass is 278 g/mol. The van der Waals surface area contributed by atoms with Gasteiger partial charge in [-0.25, -0.2) is 4.79 Å². The fourth-order valence-corrected chi connectivity index (χ4v) is 2.08. The van der Waals surface area contributed by atoms with Crippen LogP contribution in [0.4, 0.5) is 4.79 Å². The van der Waals surface area contributed by atoms with Gasteiger partial charge in [0.2, 0.25) is 0 Å². The normalized spacial score (nSPS) is 19.2. The van der Waals surface area contributed by atoms with E-state index in [1.54, 1.807) is 4.90 Å². The number of benzene rings is 1. The van der Waals surface area contributed by atoms with Gasteiger partial charge in [-0.05, 0) is 12.0 Å². The van der Waals surface area contributed by atoms with Gasteiger partial charge >= 0.3 is 12.1 Å². The molecular weight excluding hydrogens is 260 g/mol. The molecule has 0 aromatic heterocycles. The van der Waals surface area contributed by atoms with Crippen molar-refractivity contribution in [2.24, 2.45) is 0 Å². The summed E-state index contributed by atoms with van der Waals surface area (Å²) in [4.78, 5) is 24.4. The Labute approximate surface area is 117 Å². The van der Waals surface area contributed by atoms with Crippen LogP contribution in [-0.4, -0.2) is 47.7 Å². The molecule has 20 heavy (non-hydrogen) atoms. The summed E-state index contributed by atoms with van der Waals surface area (Å²) in [6.45, 7) is 1.53. The number of carbonyl (C=O) groups excluding carboxylic acids is 1. The molecule has 1 aromatic carbocycles. The van der Waals surface area contributed by atoms with Crippen molar-refractivity contribution in [2.75, 3.05) is 19.6 Å². The summed E-state index contributed by atoms with van der Waals surface area (Å²) in [7, 11) is 0. The molecule has 1 aliphatic rings. The highest BCUT2D eigenvalue weighted by Gasteiger charge is 2.24. The molecule has 108 valence electrons. The molecule has 1 atom stereocenters. The van der Waals surface area contributed by atoms with E-state index in [1.807, 2.05) is 30.3 Å². The Hall–Kier alpha value is -2.08. The Bertz CT molecular complexity index is 464. The van der Waals surface area contributed by atoms with Crippen LogP contribution in [0.15, 0.2) is 30.3 Å². The number of carboxylic acids is 1. The summed E-state index contributed by atoms with van der Waals surface area (Å²) in [6.07, 6.45) is -0.0165. The van der Waals surface area contributed by atoms with Crippen LogP contribution in [-0.2, 0) is 16.1 Å². The lowest BCUT2D eigenvalue weighted by molar-refractivity contribution is -0.139. The maximum atomic E-state index is 11.9. The molecule has 2 rings (SSSR count). The minimum Gasteiger partial charge on any atom is -0.480 e. The number of hydrogen-bond donors (Lipinski definition) is 2. The molecule has 1 saturated heterocycles. The molecule has 0 bridgehead atoms. The average Bonchev–Trinajstić information content (AvgIpc) is 2.72. The highest BCUT2D eigenvalue weighted by Crippen LogP contribution is 2.07. The highest BCUT2D eigenvalue weighted by molar-refractivity contribution is 5.74. The SMILES string of the molecule is O=C(O)C1CCN(C(=O)OCc2ccccc2)CCN1. The molecule has 0 aliphatic carbocycles. The molecule has 1 fully saturated rings. The zero-order valence-corrected chi connectivity index (χ0v) is 11.1. The zero-order chi connectivity index (χ0) is 14.4. The van der Waals surface area contributed by atoms with Crippen LogP contribution in [0.5, 0.6) is 0 Å². The second-order valence-corrected chi connectivity index (χ2v) is 4.66. The first kappa shape index (κ1) is 14.3. The number of carboxylic acid groups (broad SMARTS) is 1. The van der Waals surface area contributed by atoms with Gasteiger partial charge in [0.1, 0.15) is 12.6 Å². The number of amides is 1. The lowest BCUT2D eigenvalue weighted by atomic mass is 10.2. The van der Waals surface area contributed by atoms with Gasteiger partial charge < -0.3 is 20.1 Å². The molecule has 1 aromatic rings. The minimum atomic E-state index is -0.885. The minimum absolute atomic E-state index is 0.228. The first-order chi connectivity index (χ1) is 9.66. The lowest BCUT2D eigenvalue weighted by Gasteiger charge is -2.19. The molecule has 2 N–H and O–H groups in total. The third-order valence-electron chi connectivity index (χ3n) is 3.22. The van der Waals surface area contributed by atoms with E-state index >= 15 is 0 Å². The first-order valence-electron chi connectivity index (χ1n) is 6.58. The Morgan fingerprint density at radius 2 is 2.05 bits per heavy atom. The van der Waals surface area contributed by atoms with Crippen molar-refractivity contribution >= 4 is 12.1 Å². The van der Waals surface area contributed by atoms with Crippen molar-refractivity contribution in [2.45, 2.75) is 19.1 Å². The summed E-state index contributed by atoms with van der Waals surface area (Å²) < 4.78 is 5.23. The smallest absolute Gasteiger partial charge is 0.410 e. The number of carbonyl (C=O) groups is 2. The summed E-state index contributed by atoms with van der Waals surface area (Å²) in [5.41, 5.74) is 0.928. The van der Waals surface area contributed by atoms with Crippen molar-refractivity contribution in [1.82, 2.24) is 10.2 Å². The first-order valence-corrected chi connectivity index (χ1v) is 6.58. The van der Waals surface area contributed by atoms with E-state index in [0.717, 1.165) is 5.56 Å². The lowest BCUT2D eigenvalue weighted by Crippen LogP contribution is -2.36. The van der Waals surface area contributed by atoms with E-state index in [9.17, 15) is 9.59 Å². The van der Waals surface area contributed by atoms with E-state index in [4.69, 9.17) is 9.84 Å². The second kappa shape index (κ2) is 6.91. The summed E-state index contributed by atoms with van der Waals surface area (Å²) in [5.74, 6) is -0.885. The summed E-state index contributed by atoms with van der Waals surface area (Å²) in [5, 5.41) is 11.8. The van der Waals surface area contributed by atoms with Crippen molar-refractivity contribution in [3.63, 3.8) is 0 Å². The van der Waals surface area contributed by atoms with Gasteiger partial charge in [0.25, 0.3) is 0 Å². The standard InChI is InChI=1S/C14H18N2O4/c17-13(18)12-6-8-16(9-7-15-12)14(19)20-10-11-4-2-1-3-5-11/h1-5,12,15H,6-10H2,(H,17,18). The van der Waals surface area contributed by atoms with Crippen LogP contribution in [0.2, 0.25) is 0 Å². The van der Waals surface area contributed by atoms with Crippen LogP contribution in [0, 0.1) is 0 Å². The number of ether oxygens (including phenoxy) is 1. The quantitative estimate of drug-likeness (QED) is 0.864. The molecule has 0 spiro atoms. The van der Waals surface area contributed by atoms with Crippen molar-refractivity contribution in [1.29, 1.82) is 0 Å². The van der Waals surface area contributed by atoms with Crippen LogP contribution >= 0.6 is 0 Å². The number of hydrogen-bond acceptors (Lipinski definition) is 4. The Morgan fingerprint density at radius 1 is 1.30 bits per heavy atom. The highest BCUT2D eigenvalue weighted by atomic mass is 16.6. The molecule has 0 radical (unpaired) electrons. The molecule has 1 heterocycles. The topological polar surface area (TPSA) is 78.9 Å². The van der Waals surface area contributed by atoms with Crippen molar-refractivity contribution in [3.8, 4) is 0 Å². The van der Waals surface area contributed by atoms with E-state index in [1.165, 1.54) is 0 Å². The van der Waals surface area contributed by atoms with E-state index in [-0.39, 0.29) is 6.61 Å². The van der Waals surface area contributed by atoms with Gasteiger partial charge in [-0.1, -0.05) is 30.3 Å². The number of aliphatic carboxylic acids is 1. The Balaban J connectivity index is 1.82. The predicted octanol–water partition coefficient (Wildman–Crippen LogP) is 1.07. The summed E-state index contributed by atoms with van der Waals surface area (Å²) in [6, 6.07) is 8.85. The van der Waals surface area contributed by atoms with Gasteiger partial charge in [0.15, 0.2) is 0 Å². The fraction of sp³-hybridized carbons (Fsp3) is 0.429. The zero-order valence-electron chi connectivity index (χ0n) is 11.1. The van der Waals surface area contributed by atoms with Crippen LogP contribution in [0.3, 0.4) is 0 Å². The van der Waals surface area contributed by atoms with Gasteiger partial charge in [-0.2, -0.15) is 0 Å². The van der Waals surface area contributed by atoms with Gasteiger partial charge in [-0.15, -0.1) is 0 Å². The molecule has 1 unspecified atom stereocenters. The van der Waals surface area contributed by atoms with Crippen molar-refractivity contribution in [3.05, 3.63) is 35.9 Å². The molecular formula is C14H18N2O4. The Kier molecular flexibility index (Phi) is 4.95. The molecule has 6 heteroatoms. The largest absolute Gasteiger partial charge is 0.480 e. The predicted molar refractivity (Wildman–Crippen MR) is 72.2 cm³/mol. The Morgan fingerprint density at radius 3 is 2.75 bits per heavy atom. The maximum absolute atomic E-state index is 11.9. The number of nitrogens with one attached hydrogen (secondary N) is 1. The summed E-state index contributed by atoms with van der Waals surface area (Å²) >= 11 is 0. The fourth-order valence-electron chi connectivity index (χ4n) is 2.08. The molecule has 0 saturated carbocycles. The third kappa shape index (κ3) is 3.96. The van der Waals surface area contributed by atoms with Gasteiger partial charge in [-0.3, -0.25) is 4.79 Å². The second-order valence-electron chi connectivity index (χ2n) is 4.66. The molecule has 1 aliphatic heterocycles. The maximum Gasteiger partial charge on any atom is 0.410 e. The molecule has 6 nitrogen and oxygen atoms in total. The average molecular weight is 278 g/mol. The van der Waals surface area contributed by atoms with Crippen LogP contribution in [0.25, 0.3) is 0 Å². The number of rotatable bonds is 3. The van der Waals surface area contributed by atoms with E-state index in [2.05, 4.69) is 5.32 Å². The third-order valence-corrected chi connectivity index (χ3v) is 3.22. The molecule has 1 amide bonds. The van der Waals surface area contributed by atoms with Gasteiger partial charge in [0, 0.05) is 19.6 Å². The van der Waals surface area contributed by atoms with E-state index in [0.29, 0.717) is 26.1 Å². The van der Waals surface area contributed by atoms with Crippen molar-refractivity contribution < 1.29 is 19.4 Å². The van der Waals surface area contributed by atoms with Gasteiger partial charge in [0.05, 0.1) is 0 Å².